The maximum absolute atomic E-state index is 2.41. The van der Waals surface area contributed by atoms with Gasteiger partial charge in [-0.1, -0.05) is 97.1 Å². The zero-order valence-corrected chi connectivity index (χ0v) is 23.6. The maximum Gasteiger partial charge on any atom is 0.0491 e. The van der Waals surface area contributed by atoms with Gasteiger partial charge in [0, 0.05) is 49.0 Å². The molecule has 0 saturated heterocycles. The van der Waals surface area contributed by atoms with E-state index in [0.29, 0.717) is 0 Å². The van der Waals surface area contributed by atoms with Crippen LogP contribution in [0.25, 0.3) is 44.5 Å². The molecule has 9 rings (SSSR count). The average Bonchev–Trinajstić information content (AvgIpc) is 3.55. The molecule has 198 valence electrons. The minimum atomic E-state index is 1.22. The van der Waals surface area contributed by atoms with Gasteiger partial charge in [-0.15, -0.1) is 0 Å². The van der Waals surface area contributed by atoms with Crippen molar-refractivity contribution < 1.29 is 0 Å². The zero-order chi connectivity index (χ0) is 27.9. The number of rotatable bonds is 0. The van der Waals surface area contributed by atoms with Gasteiger partial charge in [-0.25, -0.2) is 0 Å². The fourth-order valence-electron chi connectivity index (χ4n) is 7.36. The van der Waals surface area contributed by atoms with Gasteiger partial charge >= 0.3 is 0 Å². The molecule has 5 aromatic rings. The van der Waals surface area contributed by atoms with E-state index in [1.54, 1.807) is 0 Å². The highest BCUT2D eigenvalue weighted by Gasteiger charge is 2.31. The van der Waals surface area contributed by atoms with Gasteiger partial charge in [-0.3, -0.25) is 0 Å². The smallest absolute Gasteiger partial charge is 0.0491 e. The van der Waals surface area contributed by atoms with Crippen LogP contribution in [0.5, 0.6) is 0 Å². The normalized spacial score (nSPS) is 15.4. The van der Waals surface area contributed by atoms with Crippen molar-refractivity contribution in [2.75, 3.05) is 23.9 Å². The van der Waals surface area contributed by atoms with Gasteiger partial charge in [0.25, 0.3) is 0 Å². The van der Waals surface area contributed by atoms with E-state index in [9.17, 15) is 0 Å². The second-order valence-corrected chi connectivity index (χ2v) is 11.5. The van der Waals surface area contributed by atoms with Crippen molar-refractivity contribution in [2.24, 2.45) is 0 Å². The highest BCUT2D eigenvalue weighted by Crippen LogP contribution is 2.53. The van der Waals surface area contributed by atoms with Crippen LogP contribution in [-0.2, 0) is 0 Å². The number of allylic oxidation sites excluding steroid dienone is 4. The average molecular weight is 537 g/mol. The van der Waals surface area contributed by atoms with Crippen LogP contribution in [0.3, 0.4) is 0 Å². The summed E-state index contributed by atoms with van der Waals surface area (Å²) < 4.78 is 0. The minimum absolute atomic E-state index is 1.22. The van der Waals surface area contributed by atoms with Crippen LogP contribution in [-0.4, -0.2) is 14.1 Å². The Balaban J connectivity index is 1.33. The van der Waals surface area contributed by atoms with Gasteiger partial charge in [0.05, 0.1) is 0 Å². The molecule has 0 amide bonds. The first-order chi connectivity index (χ1) is 20.7. The van der Waals surface area contributed by atoms with Crippen molar-refractivity contribution in [2.45, 2.75) is 0 Å². The predicted octanol–water partition coefficient (Wildman–Crippen LogP) is 9.49. The van der Waals surface area contributed by atoms with Crippen LogP contribution < -0.4 is 9.80 Å². The quantitative estimate of drug-likeness (QED) is 0.190. The largest absolute Gasteiger partial charge is 0.351 e. The predicted molar refractivity (Wildman–Crippen MR) is 177 cm³/mol. The lowest BCUT2D eigenvalue weighted by Crippen LogP contribution is -2.19. The van der Waals surface area contributed by atoms with E-state index in [-0.39, 0.29) is 0 Å². The van der Waals surface area contributed by atoms with Crippen LogP contribution in [0.4, 0.5) is 11.4 Å². The van der Waals surface area contributed by atoms with Crippen molar-refractivity contribution in [3.05, 3.63) is 167 Å². The Morgan fingerprint density at radius 1 is 0.357 bits per heavy atom. The van der Waals surface area contributed by atoms with E-state index in [1.807, 2.05) is 0 Å². The van der Waals surface area contributed by atoms with Crippen LogP contribution in [0.15, 0.2) is 134 Å². The minimum Gasteiger partial charge on any atom is -0.351 e. The fraction of sp³-hybridized carbons (Fsp3) is 0.0500. The second-order valence-electron chi connectivity index (χ2n) is 11.5. The van der Waals surface area contributed by atoms with Crippen LogP contribution in [0.1, 0.15) is 33.4 Å². The summed E-state index contributed by atoms with van der Waals surface area (Å²) in [5, 5.41) is 0. The summed E-state index contributed by atoms with van der Waals surface area (Å²) in [6, 6.07) is 40.1. The second kappa shape index (κ2) is 8.58. The molecule has 2 heterocycles. The van der Waals surface area contributed by atoms with Crippen molar-refractivity contribution in [1.82, 2.24) is 0 Å². The third kappa shape index (κ3) is 3.09. The van der Waals surface area contributed by atoms with E-state index in [4.69, 9.17) is 0 Å². The lowest BCUT2D eigenvalue weighted by Gasteiger charge is -2.32. The van der Waals surface area contributed by atoms with E-state index in [0.717, 1.165) is 0 Å². The first-order valence-corrected chi connectivity index (χ1v) is 14.6. The third-order valence-corrected chi connectivity index (χ3v) is 9.29. The molecule has 0 aromatic heterocycles. The van der Waals surface area contributed by atoms with Crippen LogP contribution in [0, 0.1) is 0 Å². The molecular formula is C40H28N2. The fourth-order valence-corrected chi connectivity index (χ4v) is 7.36. The number of hydrogen-bond donors (Lipinski definition) is 0. The molecule has 5 aromatic carbocycles. The summed E-state index contributed by atoms with van der Waals surface area (Å²) in [6.07, 6.45) is 9.03. The molecule has 4 aliphatic rings. The molecule has 2 aliphatic heterocycles. The highest BCUT2D eigenvalue weighted by atomic mass is 15.1. The number of fused-ring (bicyclic) bond motifs is 8. The number of hydrogen-bond acceptors (Lipinski definition) is 2. The van der Waals surface area contributed by atoms with Gasteiger partial charge in [-0.05, 0) is 91.1 Å². The molecule has 0 spiro atoms. The van der Waals surface area contributed by atoms with E-state index < -0.39 is 0 Å². The Bertz CT molecular complexity index is 1870. The molecule has 0 radical (unpaired) electrons. The van der Waals surface area contributed by atoms with Crippen molar-refractivity contribution in [3.8, 4) is 22.3 Å². The summed E-state index contributed by atoms with van der Waals surface area (Å²) in [7, 11) is 4.32. The number of nitrogens with zero attached hydrogens (tertiary/aromatic N) is 2. The standard InChI is InChI=1S/C40H28N2/c1-41-21-19-33(39-29-15-7-3-11-25(29)26-12-4-8-16-30(26)39)35-24-38-36(23-37(35)41)34(20-22-42(38)2)40-31-17-9-5-13-27(31)28-14-6-10-18-32(28)40/h3-24H,1-2H3. The maximum atomic E-state index is 2.41. The van der Waals surface area contributed by atoms with Gasteiger partial charge in [0.15, 0.2) is 0 Å². The first kappa shape index (κ1) is 23.4. The van der Waals surface area contributed by atoms with Gasteiger partial charge in [0.2, 0.25) is 0 Å². The van der Waals surface area contributed by atoms with Crippen molar-refractivity contribution >= 4 is 33.7 Å². The van der Waals surface area contributed by atoms with Crippen molar-refractivity contribution in [1.29, 1.82) is 0 Å². The Kier molecular flexibility index (Phi) is 4.77. The van der Waals surface area contributed by atoms with Crippen molar-refractivity contribution in [3.63, 3.8) is 0 Å². The van der Waals surface area contributed by atoms with Gasteiger partial charge in [-0.2, -0.15) is 0 Å². The SMILES string of the molecule is CN1C=CC(=C2c3ccccc3-c3ccccc32)c2cc3c(cc21)C(=C1c2ccccc2-c2ccccc21)C=CN3C. The summed E-state index contributed by atoms with van der Waals surface area (Å²) in [6.45, 7) is 0. The molecule has 2 heteroatoms. The lowest BCUT2D eigenvalue weighted by molar-refractivity contribution is 1.15. The molecule has 0 atom stereocenters. The molecule has 0 saturated carbocycles. The zero-order valence-electron chi connectivity index (χ0n) is 23.6. The third-order valence-electron chi connectivity index (χ3n) is 9.29. The molecule has 2 nitrogen and oxygen atoms in total. The molecule has 0 N–H and O–H groups in total. The Hall–Kier alpha value is -5.34. The molecule has 0 bridgehead atoms. The first-order valence-electron chi connectivity index (χ1n) is 14.6. The summed E-state index contributed by atoms with van der Waals surface area (Å²) in [5.41, 5.74) is 20.6. The molecule has 0 unspecified atom stereocenters. The summed E-state index contributed by atoms with van der Waals surface area (Å²) in [5.74, 6) is 0. The molecule has 0 fully saturated rings. The number of benzene rings is 5. The molecule has 42 heavy (non-hydrogen) atoms. The Morgan fingerprint density at radius 3 is 0.952 bits per heavy atom. The number of anilines is 2. The van der Waals surface area contributed by atoms with E-state index in [1.165, 1.54) is 89.3 Å². The summed E-state index contributed by atoms with van der Waals surface area (Å²) in [4.78, 5) is 4.53. The topological polar surface area (TPSA) is 6.48 Å². The van der Waals surface area contributed by atoms with E-state index >= 15 is 0 Å². The Morgan fingerprint density at radius 2 is 0.643 bits per heavy atom. The van der Waals surface area contributed by atoms with Crippen LogP contribution in [0.2, 0.25) is 0 Å². The monoisotopic (exact) mass is 536 g/mol. The highest BCUT2D eigenvalue weighted by molar-refractivity contribution is 6.17. The molecular weight excluding hydrogens is 508 g/mol. The molecule has 2 aliphatic carbocycles. The summed E-state index contributed by atoms with van der Waals surface area (Å²) >= 11 is 0. The van der Waals surface area contributed by atoms with E-state index in [2.05, 4.69) is 158 Å². The van der Waals surface area contributed by atoms with Crippen LogP contribution >= 0.6 is 0 Å². The van der Waals surface area contributed by atoms with Gasteiger partial charge < -0.3 is 9.80 Å². The lowest BCUT2D eigenvalue weighted by atomic mass is 9.85. The van der Waals surface area contributed by atoms with Gasteiger partial charge in [0.1, 0.15) is 0 Å². The Labute approximate surface area is 246 Å².